The lowest BCUT2D eigenvalue weighted by atomic mass is 9.94. The van der Waals surface area contributed by atoms with Crippen LogP contribution in [0.4, 0.5) is 11.5 Å². The first-order valence-corrected chi connectivity index (χ1v) is 9.66. The second kappa shape index (κ2) is 8.76. The zero-order chi connectivity index (χ0) is 21.8. The lowest BCUT2D eigenvalue weighted by Crippen LogP contribution is -2.15. The molecular weight excluding hydrogens is 418 g/mol. The van der Waals surface area contributed by atoms with Crippen molar-refractivity contribution in [1.29, 1.82) is 0 Å². The van der Waals surface area contributed by atoms with Gasteiger partial charge in [-0.15, -0.1) is 0 Å². The van der Waals surface area contributed by atoms with E-state index in [2.05, 4.69) is 20.5 Å². The van der Waals surface area contributed by atoms with Crippen LogP contribution in [0.5, 0.6) is 0 Å². The van der Waals surface area contributed by atoms with E-state index < -0.39 is 11.0 Å². The second-order valence-electron chi connectivity index (χ2n) is 6.67. The highest BCUT2D eigenvalue weighted by Crippen LogP contribution is 2.35. The molecular formula is C22H16ClN5O3. The summed E-state index contributed by atoms with van der Waals surface area (Å²) >= 11 is 6.02. The number of anilines is 1. The maximum absolute atomic E-state index is 11.8. The molecule has 31 heavy (non-hydrogen) atoms. The van der Waals surface area contributed by atoms with Crippen LogP contribution in [-0.2, 0) is 0 Å². The number of aromatic amines is 1. The number of hydrogen-bond donors (Lipinski definition) is 2. The molecule has 4 rings (SSSR count). The Labute approximate surface area is 182 Å². The summed E-state index contributed by atoms with van der Waals surface area (Å²) in [4.78, 5) is 26.8. The molecule has 9 heteroatoms. The van der Waals surface area contributed by atoms with E-state index in [0.29, 0.717) is 33.9 Å². The summed E-state index contributed by atoms with van der Waals surface area (Å²) in [6.07, 6.45) is 2.34. The van der Waals surface area contributed by atoms with Crippen LogP contribution in [0.3, 0.4) is 0 Å². The Balaban J connectivity index is 1.87. The van der Waals surface area contributed by atoms with Crippen LogP contribution in [0, 0.1) is 10.1 Å². The first-order chi connectivity index (χ1) is 15.1. The maximum atomic E-state index is 11.8. The van der Waals surface area contributed by atoms with Gasteiger partial charge in [0.25, 0.3) is 5.69 Å². The van der Waals surface area contributed by atoms with Gasteiger partial charge in [-0.25, -0.2) is 4.98 Å². The van der Waals surface area contributed by atoms with Crippen molar-refractivity contribution in [3.63, 3.8) is 0 Å². The van der Waals surface area contributed by atoms with E-state index >= 15 is 0 Å². The average molecular weight is 434 g/mol. The van der Waals surface area contributed by atoms with E-state index in [1.165, 1.54) is 12.1 Å². The van der Waals surface area contributed by atoms with Gasteiger partial charge in [0.1, 0.15) is 11.5 Å². The number of halogens is 1. The number of hydrogen-bond acceptors (Lipinski definition) is 6. The molecule has 0 fully saturated rings. The molecule has 0 amide bonds. The summed E-state index contributed by atoms with van der Waals surface area (Å²) in [5.74, 6) is 0.575. The van der Waals surface area contributed by atoms with E-state index in [1.54, 1.807) is 42.6 Å². The molecule has 8 nitrogen and oxygen atoms in total. The highest BCUT2D eigenvalue weighted by atomic mass is 35.5. The van der Waals surface area contributed by atoms with Gasteiger partial charge in [0, 0.05) is 34.5 Å². The third-order valence-electron chi connectivity index (χ3n) is 4.75. The number of nitro benzene ring substituents is 1. The Morgan fingerprint density at radius 3 is 2.42 bits per heavy atom. The number of rotatable bonds is 7. The monoisotopic (exact) mass is 433 g/mol. The van der Waals surface area contributed by atoms with Gasteiger partial charge in [0.15, 0.2) is 6.29 Å². The fourth-order valence-corrected chi connectivity index (χ4v) is 3.41. The molecule has 0 spiro atoms. The fourth-order valence-electron chi connectivity index (χ4n) is 3.28. The summed E-state index contributed by atoms with van der Waals surface area (Å²) < 4.78 is 0. The first kappa shape index (κ1) is 20.2. The van der Waals surface area contributed by atoms with Gasteiger partial charge in [0.2, 0.25) is 0 Å². The number of H-pyrrole nitrogens is 1. The van der Waals surface area contributed by atoms with Gasteiger partial charge in [0.05, 0.1) is 16.7 Å². The molecule has 0 aliphatic rings. The van der Waals surface area contributed by atoms with Crippen molar-refractivity contribution in [2.45, 2.75) is 6.04 Å². The normalized spacial score (nSPS) is 11.6. The van der Waals surface area contributed by atoms with Gasteiger partial charge >= 0.3 is 0 Å². The first-order valence-electron chi connectivity index (χ1n) is 9.28. The fraction of sp³-hybridized carbons (Fsp3) is 0.0455. The van der Waals surface area contributed by atoms with Crippen LogP contribution in [0.25, 0.3) is 11.3 Å². The lowest BCUT2D eigenvalue weighted by molar-refractivity contribution is -0.384. The Morgan fingerprint density at radius 1 is 1.06 bits per heavy atom. The second-order valence-corrected chi connectivity index (χ2v) is 7.10. The zero-order valence-electron chi connectivity index (χ0n) is 16.0. The van der Waals surface area contributed by atoms with Crippen molar-refractivity contribution in [2.75, 3.05) is 5.32 Å². The summed E-state index contributed by atoms with van der Waals surface area (Å²) in [6, 6.07) is 18.1. The van der Waals surface area contributed by atoms with Crippen LogP contribution in [0.15, 0.2) is 72.9 Å². The van der Waals surface area contributed by atoms with Crippen LogP contribution >= 0.6 is 11.6 Å². The lowest BCUT2D eigenvalue weighted by Gasteiger charge is -2.21. The molecule has 154 valence electrons. The standard InChI is InChI=1S/C22H16ClN5O3/c23-16-8-4-15(5-9-16)22-20(18(13-29)26-27-22)21(25-19-3-1-2-12-24-19)14-6-10-17(11-7-14)28(30)31/h1-13,21H,(H,24,25)(H,26,27). The van der Waals surface area contributed by atoms with E-state index in [9.17, 15) is 14.9 Å². The van der Waals surface area contributed by atoms with E-state index in [0.717, 1.165) is 5.56 Å². The van der Waals surface area contributed by atoms with Crippen molar-refractivity contribution in [3.8, 4) is 11.3 Å². The highest BCUT2D eigenvalue weighted by molar-refractivity contribution is 6.30. The predicted molar refractivity (Wildman–Crippen MR) is 117 cm³/mol. The number of carbonyl (C=O) groups excluding carboxylic acids is 1. The van der Waals surface area contributed by atoms with Crippen molar-refractivity contribution >= 4 is 29.4 Å². The van der Waals surface area contributed by atoms with Gasteiger partial charge in [-0.1, -0.05) is 29.8 Å². The van der Waals surface area contributed by atoms with Crippen LogP contribution < -0.4 is 5.32 Å². The highest BCUT2D eigenvalue weighted by Gasteiger charge is 2.26. The van der Waals surface area contributed by atoms with Crippen LogP contribution in [0.2, 0.25) is 5.02 Å². The SMILES string of the molecule is O=Cc1[nH]nc(-c2ccc(Cl)cc2)c1C(Nc1ccccn1)c1ccc([N+](=O)[O-])cc1. The third-order valence-corrected chi connectivity index (χ3v) is 5.00. The summed E-state index contributed by atoms with van der Waals surface area (Å²) in [5.41, 5.74) is 2.88. The predicted octanol–water partition coefficient (Wildman–Crippen LogP) is 5.05. The molecule has 1 atom stereocenters. The molecule has 2 aromatic heterocycles. The van der Waals surface area contributed by atoms with Gasteiger partial charge < -0.3 is 5.32 Å². The number of benzene rings is 2. The number of carbonyl (C=O) groups is 1. The van der Waals surface area contributed by atoms with Gasteiger partial charge in [-0.3, -0.25) is 20.0 Å². The number of non-ortho nitro benzene ring substituents is 1. The Hall–Kier alpha value is -4.04. The van der Waals surface area contributed by atoms with Crippen LogP contribution in [-0.4, -0.2) is 26.4 Å². The number of nitrogens with one attached hydrogen (secondary N) is 2. The number of nitro groups is 1. The van der Waals surface area contributed by atoms with Crippen molar-refractivity contribution in [2.24, 2.45) is 0 Å². The summed E-state index contributed by atoms with van der Waals surface area (Å²) in [5, 5.41) is 22.1. The number of pyridine rings is 1. The Kier molecular flexibility index (Phi) is 5.72. The summed E-state index contributed by atoms with van der Waals surface area (Å²) in [7, 11) is 0. The minimum absolute atomic E-state index is 0.0268. The maximum Gasteiger partial charge on any atom is 0.269 e. The topological polar surface area (TPSA) is 114 Å². The molecule has 1 unspecified atom stereocenters. The van der Waals surface area contributed by atoms with Crippen molar-refractivity contribution < 1.29 is 9.72 Å². The minimum atomic E-state index is -0.555. The van der Waals surface area contributed by atoms with E-state index in [1.807, 2.05) is 18.2 Å². The number of aromatic nitrogens is 3. The molecule has 2 aromatic carbocycles. The largest absolute Gasteiger partial charge is 0.359 e. The van der Waals surface area contributed by atoms with Gasteiger partial charge in [-0.05, 0) is 42.0 Å². The molecule has 4 aromatic rings. The molecule has 2 heterocycles. The number of aldehydes is 1. The van der Waals surface area contributed by atoms with Crippen molar-refractivity contribution in [3.05, 3.63) is 105 Å². The smallest absolute Gasteiger partial charge is 0.269 e. The third kappa shape index (κ3) is 4.29. The molecule has 0 saturated carbocycles. The van der Waals surface area contributed by atoms with Gasteiger partial charge in [-0.2, -0.15) is 5.10 Å². The zero-order valence-corrected chi connectivity index (χ0v) is 16.8. The van der Waals surface area contributed by atoms with Crippen molar-refractivity contribution in [1.82, 2.24) is 15.2 Å². The Bertz CT molecular complexity index is 1210. The number of nitrogens with zero attached hydrogens (tertiary/aromatic N) is 3. The molecule has 0 aliphatic heterocycles. The summed E-state index contributed by atoms with van der Waals surface area (Å²) in [6.45, 7) is 0. The molecule has 0 saturated heterocycles. The van der Waals surface area contributed by atoms with Crippen LogP contribution in [0.1, 0.15) is 27.7 Å². The molecule has 0 bridgehead atoms. The quantitative estimate of drug-likeness (QED) is 0.239. The molecule has 2 N–H and O–H groups in total. The molecule has 0 radical (unpaired) electrons. The van der Waals surface area contributed by atoms with E-state index in [-0.39, 0.29) is 11.4 Å². The Morgan fingerprint density at radius 2 is 1.81 bits per heavy atom. The minimum Gasteiger partial charge on any atom is -0.359 e. The van der Waals surface area contributed by atoms with E-state index in [4.69, 9.17) is 11.6 Å². The molecule has 0 aliphatic carbocycles. The average Bonchev–Trinajstić information content (AvgIpc) is 3.22.